The first-order valence-electron chi connectivity index (χ1n) is 6.46. The monoisotopic (exact) mass is 293 g/mol. The summed E-state index contributed by atoms with van der Waals surface area (Å²) in [6.45, 7) is 11.2. The van der Waals surface area contributed by atoms with Gasteiger partial charge in [-0.1, -0.05) is 20.3 Å². The molecule has 0 saturated heterocycles. The largest absolute Gasteiger partial charge is 0.350 e. The Morgan fingerprint density at radius 2 is 1.63 bits per heavy atom. The summed E-state index contributed by atoms with van der Waals surface area (Å²) >= 11 is 0. The molecule has 3 unspecified atom stereocenters. The predicted octanol–water partition coefficient (Wildman–Crippen LogP) is 1.20. The van der Waals surface area contributed by atoms with E-state index in [4.69, 9.17) is 5.73 Å². The van der Waals surface area contributed by atoms with Gasteiger partial charge in [-0.25, -0.2) is 0 Å². The van der Waals surface area contributed by atoms with Crippen molar-refractivity contribution >= 4 is 24.2 Å². The van der Waals surface area contributed by atoms with Crippen LogP contribution < -0.4 is 16.4 Å². The zero-order valence-electron chi connectivity index (χ0n) is 12.7. The number of nitrogens with one attached hydrogen (secondary N) is 2. The SMILES string of the molecule is CCC(C)C(N)C(=O)NC(C)C(=O)NC(C)(C)C.Cl. The fourth-order valence-electron chi connectivity index (χ4n) is 1.37. The van der Waals surface area contributed by atoms with E-state index in [1.165, 1.54) is 0 Å². The van der Waals surface area contributed by atoms with Crippen molar-refractivity contribution in [1.29, 1.82) is 0 Å². The Kier molecular flexibility index (Phi) is 9.04. The molecular weight excluding hydrogens is 266 g/mol. The summed E-state index contributed by atoms with van der Waals surface area (Å²) in [5.74, 6) is -0.379. The number of nitrogens with two attached hydrogens (primary N) is 1. The molecule has 0 aromatic heterocycles. The molecule has 0 aliphatic heterocycles. The molecule has 0 aliphatic carbocycles. The number of carbonyl (C=O) groups excluding carboxylic acids is 2. The lowest BCUT2D eigenvalue weighted by molar-refractivity contribution is -0.130. The summed E-state index contributed by atoms with van der Waals surface area (Å²) in [6, 6.07) is -1.15. The molecule has 0 fully saturated rings. The number of hydrogen-bond donors (Lipinski definition) is 3. The van der Waals surface area contributed by atoms with Crippen molar-refractivity contribution in [2.45, 2.75) is 65.6 Å². The van der Waals surface area contributed by atoms with E-state index >= 15 is 0 Å². The average molecular weight is 294 g/mol. The number of hydrogen-bond acceptors (Lipinski definition) is 3. The van der Waals surface area contributed by atoms with Crippen LogP contribution in [0.3, 0.4) is 0 Å². The maximum absolute atomic E-state index is 11.8. The molecule has 0 saturated carbocycles. The molecule has 5 nitrogen and oxygen atoms in total. The second kappa shape index (κ2) is 8.38. The van der Waals surface area contributed by atoms with Crippen molar-refractivity contribution in [3.63, 3.8) is 0 Å². The van der Waals surface area contributed by atoms with Crippen molar-refractivity contribution in [3.05, 3.63) is 0 Å². The first-order valence-corrected chi connectivity index (χ1v) is 6.46. The highest BCUT2D eigenvalue weighted by atomic mass is 35.5. The Morgan fingerprint density at radius 1 is 1.16 bits per heavy atom. The lowest BCUT2D eigenvalue weighted by Gasteiger charge is -2.25. The molecule has 3 atom stereocenters. The molecule has 0 radical (unpaired) electrons. The smallest absolute Gasteiger partial charge is 0.242 e. The summed E-state index contributed by atoms with van der Waals surface area (Å²) in [7, 11) is 0. The quantitative estimate of drug-likeness (QED) is 0.712. The molecular formula is C13H28ClN3O2. The third-order valence-corrected chi connectivity index (χ3v) is 2.81. The maximum atomic E-state index is 11.8. The predicted molar refractivity (Wildman–Crippen MR) is 80.2 cm³/mol. The van der Waals surface area contributed by atoms with Crippen LogP contribution in [0.5, 0.6) is 0 Å². The van der Waals surface area contributed by atoms with E-state index in [0.717, 1.165) is 6.42 Å². The molecule has 0 spiro atoms. The molecule has 0 bridgehead atoms. The minimum atomic E-state index is -0.577. The van der Waals surface area contributed by atoms with Gasteiger partial charge in [0.05, 0.1) is 6.04 Å². The highest BCUT2D eigenvalue weighted by molar-refractivity contribution is 5.89. The second-order valence-electron chi connectivity index (χ2n) is 5.88. The second-order valence-corrected chi connectivity index (χ2v) is 5.88. The number of rotatable bonds is 5. The van der Waals surface area contributed by atoms with Gasteiger partial charge < -0.3 is 16.4 Å². The van der Waals surface area contributed by atoms with Gasteiger partial charge in [0.25, 0.3) is 0 Å². The van der Waals surface area contributed by atoms with Gasteiger partial charge in [-0.2, -0.15) is 0 Å². The van der Waals surface area contributed by atoms with E-state index < -0.39 is 12.1 Å². The topological polar surface area (TPSA) is 84.2 Å². The van der Waals surface area contributed by atoms with Crippen molar-refractivity contribution in [2.24, 2.45) is 11.7 Å². The van der Waals surface area contributed by atoms with Gasteiger partial charge in [-0.15, -0.1) is 12.4 Å². The van der Waals surface area contributed by atoms with Gasteiger partial charge in [0.1, 0.15) is 6.04 Å². The lowest BCUT2D eigenvalue weighted by Crippen LogP contribution is -2.54. The van der Waals surface area contributed by atoms with E-state index in [1.807, 2.05) is 34.6 Å². The van der Waals surface area contributed by atoms with Crippen LogP contribution in [-0.4, -0.2) is 29.4 Å². The Balaban J connectivity index is 0. The molecule has 0 heterocycles. The van der Waals surface area contributed by atoms with E-state index in [9.17, 15) is 9.59 Å². The third-order valence-electron chi connectivity index (χ3n) is 2.81. The molecule has 6 heteroatoms. The number of carbonyl (C=O) groups is 2. The fourth-order valence-corrected chi connectivity index (χ4v) is 1.37. The maximum Gasteiger partial charge on any atom is 0.242 e. The van der Waals surface area contributed by atoms with E-state index in [2.05, 4.69) is 10.6 Å². The van der Waals surface area contributed by atoms with E-state index in [-0.39, 0.29) is 35.7 Å². The van der Waals surface area contributed by atoms with Gasteiger partial charge in [0.2, 0.25) is 11.8 Å². The van der Waals surface area contributed by atoms with Crippen LogP contribution in [0, 0.1) is 5.92 Å². The highest BCUT2D eigenvalue weighted by Crippen LogP contribution is 2.05. The summed E-state index contributed by atoms with van der Waals surface area (Å²) < 4.78 is 0. The minimum Gasteiger partial charge on any atom is -0.350 e. The Labute approximate surface area is 122 Å². The minimum absolute atomic E-state index is 0. The zero-order chi connectivity index (χ0) is 14.5. The molecule has 114 valence electrons. The van der Waals surface area contributed by atoms with Crippen LogP contribution in [-0.2, 0) is 9.59 Å². The molecule has 2 amide bonds. The van der Waals surface area contributed by atoms with Crippen molar-refractivity contribution in [3.8, 4) is 0 Å². The Morgan fingerprint density at radius 3 is 2.00 bits per heavy atom. The standard InChI is InChI=1S/C13H27N3O2.ClH/c1-7-8(2)10(14)12(18)15-9(3)11(17)16-13(4,5)6;/h8-10H,7,14H2,1-6H3,(H,15,18)(H,16,17);1H. The molecule has 0 aliphatic rings. The average Bonchev–Trinajstić information content (AvgIpc) is 2.24. The van der Waals surface area contributed by atoms with Crippen molar-refractivity contribution in [2.75, 3.05) is 0 Å². The number of amides is 2. The molecule has 0 aromatic carbocycles. The fraction of sp³-hybridized carbons (Fsp3) is 0.846. The van der Waals surface area contributed by atoms with Crippen molar-refractivity contribution in [1.82, 2.24) is 10.6 Å². The molecule has 4 N–H and O–H groups in total. The Hall–Kier alpha value is -0.810. The van der Waals surface area contributed by atoms with Crippen LogP contribution in [0.15, 0.2) is 0 Å². The first-order chi connectivity index (χ1) is 8.08. The summed E-state index contributed by atoms with van der Waals surface area (Å²) in [5.41, 5.74) is 5.49. The van der Waals surface area contributed by atoms with Gasteiger partial charge in [0, 0.05) is 5.54 Å². The van der Waals surface area contributed by atoms with Crippen LogP contribution in [0.2, 0.25) is 0 Å². The highest BCUT2D eigenvalue weighted by Gasteiger charge is 2.25. The summed E-state index contributed by atoms with van der Waals surface area (Å²) in [6.07, 6.45) is 0.831. The molecule has 19 heavy (non-hydrogen) atoms. The van der Waals surface area contributed by atoms with Gasteiger partial charge in [0.15, 0.2) is 0 Å². The van der Waals surface area contributed by atoms with Crippen LogP contribution >= 0.6 is 12.4 Å². The van der Waals surface area contributed by atoms with E-state index in [0.29, 0.717) is 0 Å². The first kappa shape index (κ1) is 20.5. The van der Waals surface area contributed by atoms with E-state index in [1.54, 1.807) is 6.92 Å². The molecule has 0 rings (SSSR count). The van der Waals surface area contributed by atoms with Crippen LogP contribution in [0.4, 0.5) is 0 Å². The third kappa shape index (κ3) is 8.06. The van der Waals surface area contributed by atoms with Gasteiger partial charge >= 0.3 is 0 Å². The van der Waals surface area contributed by atoms with Crippen LogP contribution in [0.25, 0.3) is 0 Å². The molecule has 0 aromatic rings. The Bertz CT molecular complexity index is 303. The normalized spacial score (nSPS) is 15.7. The van der Waals surface area contributed by atoms with Crippen LogP contribution in [0.1, 0.15) is 48.0 Å². The lowest BCUT2D eigenvalue weighted by atomic mass is 9.99. The van der Waals surface area contributed by atoms with Gasteiger partial charge in [-0.3, -0.25) is 9.59 Å². The zero-order valence-corrected chi connectivity index (χ0v) is 13.6. The summed E-state index contributed by atoms with van der Waals surface area (Å²) in [5, 5.41) is 5.45. The van der Waals surface area contributed by atoms with Gasteiger partial charge in [-0.05, 0) is 33.6 Å². The number of halogens is 1. The summed E-state index contributed by atoms with van der Waals surface area (Å²) in [4.78, 5) is 23.6. The van der Waals surface area contributed by atoms with Crippen molar-refractivity contribution < 1.29 is 9.59 Å².